The number of nitro groups is 1. The van der Waals surface area contributed by atoms with Crippen LogP contribution in [0.25, 0.3) is 11.2 Å². The van der Waals surface area contributed by atoms with E-state index in [9.17, 15) is 18.5 Å². The monoisotopic (exact) mass is 482 g/mol. The standard InChI is InChI=1S/C21H18N6O6S/c1-32-15-9-13(10-16(12-15)33-2)23-20-21(24-18-7-4-8-22-19(18)25-20)26-34(30,31)17-6-3-5-14(11-17)27(28)29/h3-12H,1-2H3,(H,24,26)(H,22,23,25). The van der Waals surface area contributed by atoms with E-state index in [0.717, 1.165) is 6.07 Å². The smallest absolute Gasteiger partial charge is 0.270 e. The van der Waals surface area contributed by atoms with Crippen LogP contribution in [0.1, 0.15) is 0 Å². The second kappa shape index (κ2) is 9.15. The van der Waals surface area contributed by atoms with Gasteiger partial charge in [-0.2, -0.15) is 0 Å². The maximum atomic E-state index is 13.0. The number of pyridine rings is 1. The van der Waals surface area contributed by atoms with E-state index in [0.29, 0.717) is 22.7 Å². The summed E-state index contributed by atoms with van der Waals surface area (Å²) in [6.07, 6.45) is 1.53. The summed E-state index contributed by atoms with van der Waals surface area (Å²) in [4.78, 5) is 23.0. The molecule has 2 aromatic heterocycles. The van der Waals surface area contributed by atoms with E-state index in [4.69, 9.17) is 9.47 Å². The fraction of sp³-hybridized carbons (Fsp3) is 0.0952. The van der Waals surface area contributed by atoms with Crippen LogP contribution in [-0.2, 0) is 10.0 Å². The molecule has 0 aliphatic heterocycles. The Morgan fingerprint density at radius 2 is 1.68 bits per heavy atom. The second-order valence-electron chi connectivity index (χ2n) is 6.85. The summed E-state index contributed by atoms with van der Waals surface area (Å²) in [5, 5.41) is 14.1. The molecule has 174 valence electrons. The lowest BCUT2D eigenvalue weighted by atomic mass is 10.2. The first-order chi connectivity index (χ1) is 16.3. The van der Waals surface area contributed by atoms with E-state index in [-0.39, 0.29) is 27.9 Å². The predicted molar refractivity (Wildman–Crippen MR) is 124 cm³/mol. The van der Waals surface area contributed by atoms with Gasteiger partial charge in [-0.15, -0.1) is 0 Å². The van der Waals surface area contributed by atoms with E-state index in [1.165, 1.54) is 38.6 Å². The minimum atomic E-state index is -4.25. The zero-order valence-corrected chi connectivity index (χ0v) is 18.7. The Balaban J connectivity index is 1.79. The Kier molecular flexibility index (Phi) is 6.10. The third kappa shape index (κ3) is 4.78. The van der Waals surface area contributed by atoms with Crippen LogP contribution < -0.4 is 19.5 Å². The Morgan fingerprint density at radius 1 is 0.941 bits per heavy atom. The second-order valence-corrected chi connectivity index (χ2v) is 8.54. The first-order valence-corrected chi connectivity index (χ1v) is 11.2. The van der Waals surface area contributed by atoms with E-state index in [1.54, 1.807) is 30.3 Å². The van der Waals surface area contributed by atoms with Crippen LogP contribution >= 0.6 is 0 Å². The molecular weight excluding hydrogens is 464 g/mol. The number of nitro benzene ring substituents is 1. The van der Waals surface area contributed by atoms with Crippen molar-refractivity contribution in [1.29, 1.82) is 0 Å². The van der Waals surface area contributed by atoms with Crippen LogP contribution in [0.5, 0.6) is 11.5 Å². The number of anilines is 3. The molecule has 0 aliphatic rings. The average molecular weight is 482 g/mol. The molecule has 0 atom stereocenters. The number of hydrogen-bond acceptors (Lipinski definition) is 10. The van der Waals surface area contributed by atoms with E-state index in [2.05, 4.69) is 25.0 Å². The molecule has 13 heteroatoms. The average Bonchev–Trinajstić information content (AvgIpc) is 2.84. The van der Waals surface area contributed by atoms with Gasteiger partial charge in [-0.05, 0) is 18.2 Å². The minimum Gasteiger partial charge on any atom is -0.497 e. The lowest BCUT2D eigenvalue weighted by Crippen LogP contribution is -2.16. The van der Waals surface area contributed by atoms with E-state index >= 15 is 0 Å². The van der Waals surface area contributed by atoms with Gasteiger partial charge in [-0.1, -0.05) is 6.07 Å². The topological polar surface area (TPSA) is 158 Å². The van der Waals surface area contributed by atoms with Crippen molar-refractivity contribution in [3.8, 4) is 11.5 Å². The highest BCUT2D eigenvalue weighted by Crippen LogP contribution is 2.31. The summed E-state index contributed by atoms with van der Waals surface area (Å²) in [6, 6.07) is 12.9. The molecule has 0 saturated heterocycles. The summed E-state index contributed by atoms with van der Waals surface area (Å²) < 4.78 is 39.0. The molecule has 34 heavy (non-hydrogen) atoms. The van der Waals surface area contributed by atoms with Crippen molar-refractivity contribution >= 4 is 44.2 Å². The molecule has 4 rings (SSSR count). The Bertz CT molecular complexity index is 1470. The predicted octanol–water partition coefficient (Wildman–Crippen LogP) is 3.49. The summed E-state index contributed by atoms with van der Waals surface area (Å²) in [5.74, 6) is 0.907. The maximum absolute atomic E-state index is 13.0. The van der Waals surface area contributed by atoms with Crippen molar-refractivity contribution in [2.24, 2.45) is 0 Å². The van der Waals surface area contributed by atoms with E-state index in [1.807, 2.05) is 0 Å². The number of ether oxygens (including phenoxy) is 2. The number of aromatic nitrogens is 3. The Hall–Kier alpha value is -4.52. The summed E-state index contributed by atoms with van der Waals surface area (Å²) >= 11 is 0. The highest BCUT2D eigenvalue weighted by Gasteiger charge is 2.21. The number of sulfonamides is 1. The molecule has 0 fully saturated rings. The fourth-order valence-electron chi connectivity index (χ4n) is 3.02. The van der Waals surface area contributed by atoms with Gasteiger partial charge in [0.2, 0.25) is 0 Å². The third-order valence-electron chi connectivity index (χ3n) is 4.62. The van der Waals surface area contributed by atoms with Crippen molar-refractivity contribution in [2.45, 2.75) is 4.90 Å². The van der Waals surface area contributed by atoms with Crippen molar-refractivity contribution in [2.75, 3.05) is 24.3 Å². The first kappa shape index (κ1) is 22.7. The van der Waals surface area contributed by atoms with Gasteiger partial charge in [-0.3, -0.25) is 14.8 Å². The lowest BCUT2D eigenvalue weighted by molar-refractivity contribution is -0.385. The number of non-ortho nitro benzene ring substituents is 1. The fourth-order valence-corrected chi connectivity index (χ4v) is 4.07. The third-order valence-corrected chi connectivity index (χ3v) is 5.96. The van der Waals surface area contributed by atoms with Gasteiger partial charge in [0.1, 0.15) is 17.0 Å². The van der Waals surface area contributed by atoms with Gasteiger partial charge in [0, 0.05) is 42.2 Å². The number of rotatable bonds is 8. The van der Waals surface area contributed by atoms with Gasteiger partial charge >= 0.3 is 0 Å². The molecule has 0 amide bonds. The molecule has 0 aliphatic carbocycles. The van der Waals surface area contributed by atoms with E-state index < -0.39 is 14.9 Å². The molecule has 0 saturated carbocycles. The molecule has 2 heterocycles. The number of benzene rings is 2. The highest BCUT2D eigenvalue weighted by atomic mass is 32.2. The summed E-state index contributed by atoms with van der Waals surface area (Å²) in [7, 11) is -1.25. The molecule has 4 aromatic rings. The Morgan fingerprint density at radius 3 is 2.35 bits per heavy atom. The normalized spacial score (nSPS) is 11.1. The molecule has 2 N–H and O–H groups in total. The van der Waals surface area contributed by atoms with Crippen LogP contribution in [0.4, 0.5) is 23.0 Å². The molecule has 0 radical (unpaired) electrons. The van der Waals surface area contributed by atoms with Crippen LogP contribution in [0.15, 0.2) is 65.7 Å². The van der Waals surface area contributed by atoms with Gasteiger partial charge in [0.05, 0.1) is 24.0 Å². The number of nitrogens with zero attached hydrogens (tertiary/aromatic N) is 4. The molecular formula is C21H18N6O6S. The number of hydrogen-bond donors (Lipinski definition) is 2. The lowest BCUT2D eigenvalue weighted by Gasteiger charge is -2.15. The highest BCUT2D eigenvalue weighted by molar-refractivity contribution is 7.92. The van der Waals surface area contributed by atoms with Crippen LogP contribution in [-0.4, -0.2) is 42.5 Å². The van der Waals surface area contributed by atoms with Crippen molar-refractivity contribution in [3.05, 3.63) is 70.9 Å². The van der Waals surface area contributed by atoms with Crippen molar-refractivity contribution in [3.63, 3.8) is 0 Å². The van der Waals surface area contributed by atoms with Gasteiger partial charge in [0.25, 0.3) is 15.7 Å². The van der Waals surface area contributed by atoms with Crippen molar-refractivity contribution in [1.82, 2.24) is 15.0 Å². The number of nitrogens with one attached hydrogen (secondary N) is 2. The molecule has 0 bridgehead atoms. The molecule has 0 spiro atoms. The van der Waals surface area contributed by atoms with Gasteiger partial charge in [0.15, 0.2) is 17.3 Å². The largest absolute Gasteiger partial charge is 0.497 e. The zero-order chi connectivity index (χ0) is 24.3. The first-order valence-electron chi connectivity index (χ1n) is 9.69. The SMILES string of the molecule is COc1cc(Nc2nc3ncccc3nc2NS(=O)(=O)c2cccc([N+](=O)[O-])c2)cc(OC)c1. The molecule has 0 unspecified atom stereocenters. The Labute approximate surface area is 193 Å². The molecule has 12 nitrogen and oxygen atoms in total. The number of fused-ring (bicyclic) bond motifs is 1. The summed E-state index contributed by atoms with van der Waals surface area (Å²) in [5.41, 5.74) is 0.737. The quantitative estimate of drug-likeness (QED) is 0.281. The summed E-state index contributed by atoms with van der Waals surface area (Å²) in [6.45, 7) is 0. The van der Waals surface area contributed by atoms with Crippen LogP contribution in [0.3, 0.4) is 0 Å². The van der Waals surface area contributed by atoms with Gasteiger partial charge in [-0.25, -0.2) is 23.4 Å². The zero-order valence-electron chi connectivity index (χ0n) is 17.9. The van der Waals surface area contributed by atoms with Crippen LogP contribution in [0.2, 0.25) is 0 Å². The number of methoxy groups -OCH3 is 2. The van der Waals surface area contributed by atoms with Crippen molar-refractivity contribution < 1.29 is 22.8 Å². The molecule has 2 aromatic carbocycles. The maximum Gasteiger partial charge on any atom is 0.270 e. The van der Waals surface area contributed by atoms with Crippen LogP contribution in [0, 0.1) is 10.1 Å². The van der Waals surface area contributed by atoms with Gasteiger partial charge < -0.3 is 14.8 Å². The minimum absolute atomic E-state index is 0.0514.